The van der Waals surface area contributed by atoms with Crippen LogP contribution in [-0.2, 0) is 4.79 Å². The molecule has 0 amide bonds. The van der Waals surface area contributed by atoms with E-state index in [2.05, 4.69) is 11.0 Å². The van der Waals surface area contributed by atoms with Gasteiger partial charge in [-0.2, -0.15) is 0 Å². The first kappa shape index (κ1) is 9.05. The van der Waals surface area contributed by atoms with E-state index >= 15 is 0 Å². The smallest absolute Gasteiger partial charge is 0.371 e. The van der Waals surface area contributed by atoms with Gasteiger partial charge in [0.1, 0.15) is 5.76 Å². The first-order valence-corrected chi connectivity index (χ1v) is 3.28. The van der Waals surface area contributed by atoms with Gasteiger partial charge in [0.05, 0.1) is 5.57 Å². The van der Waals surface area contributed by atoms with Crippen molar-refractivity contribution in [3.8, 4) is 0 Å². The Labute approximate surface area is 72.9 Å². The monoisotopic (exact) mass is 182 g/mol. The summed E-state index contributed by atoms with van der Waals surface area (Å²) in [4.78, 5) is 20.7. The first-order valence-electron chi connectivity index (χ1n) is 3.28. The maximum absolute atomic E-state index is 10.4. The number of hydrogen-bond donors (Lipinski definition) is 2. The summed E-state index contributed by atoms with van der Waals surface area (Å²) in [6.07, 6.45) is 0. The summed E-state index contributed by atoms with van der Waals surface area (Å²) in [5, 5.41) is 16.9. The lowest BCUT2D eigenvalue weighted by Crippen LogP contribution is -1.97. The zero-order chi connectivity index (χ0) is 10.0. The first-order chi connectivity index (χ1) is 6.02. The van der Waals surface area contributed by atoms with Crippen molar-refractivity contribution in [2.75, 3.05) is 0 Å². The van der Waals surface area contributed by atoms with Gasteiger partial charge in [0.25, 0.3) is 0 Å². The molecule has 1 aromatic heterocycles. The van der Waals surface area contributed by atoms with Gasteiger partial charge in [0.15, 0.2) is 0 Å². The molecule has 0 saturated carbocycles. The number of carbonyl (C=O) groups is 2. The molecule has 2 N–H and O–H groups in total. The Morgan fingerprint density at radius 3 is 2.15 bits per heavy atom. The van der Waals surface area contributed by atoms with E-state index in [0.29, 0.717) is 0 Å². The molecule has 0 spiro atoms. The molecule has 0 unspecified atom stereocenters. The standard InChI is InChI=1S/C8H6O5/c1-4(7(9)10)5-2-3-6(13-5)8(11)12/h2-3H,1H2,(H,9,10)(H,11,12). The molecular weight excluding hydrogens is 176 g/mol. The third-order valence-corrected chi connectivity index (χ3v) is 1.37. The van der Waals surface area contributed by atoms with Gasteiger partial charge < -0.3 is 14.6 Å². The molecule has 0 bridgehead atoms. The van der Waals surface area contributed by atoms with E-state index in [1.165, 1.54) is 12.1 Å². The molecule has 0 aliphatic heterocycles. The summed E-state index contributed by atoms with van der Waals surface area (Å²) in [5.41, 5.74) is -0.271. The quantitative estimate of drug-likeness (QED) is 0.682. The van der Waals surface area contributed by atoms with Gasteiger partial charge >= 0.3 is 11.9 Å². The Morgan fingerprint density at radius 2 is 1.77 bits per heavy atom. The van der Waals surface area contributed by atoms with E-state index < -0.39 is 11.9 Å². The fourth-order valence-corrected chi connectivity index (χ4v) is 0.720. The number of aliphatic carboxylic acids is 1. The maximum Gasteiger partial charge on any atom is 0.371 e. The summed E-state index contributed by atoms with van der Waals surface area (Å²) >= 11 is 0. The summed E-state index contributed by atoms with van der Waals surface area (Å²) in [6.45, 7) is 3.21. The lowest BCUT2D eigenvalue weighted by atomic mass is 10.2. The summed E-state index contributed by atoms with van der Waals surface area (Å²) in [7, 11) is 0. The molecule has 1 rings (SSSR count). The Hall–Kier alpha value is -2.04. The highest BCUT2D eigenvalue weighted by Crippen LogP contribution is 2.16. The van der Waals surface area contributed by atoms with Gasteiger partial charge in [-0.1, -0.05) is 6.58 Å². The lowest BCUT2D eigenvalue weighted by Gasteiger charge is -1.92. The van der Waals surface area contributed by atoms with Crippen molar-refractivity contribution >= 4 is 17.5 Å². The molecule has 0 aromatic carbocycles. The van der Waals surface area contributed by atoms with E-state index in [9.17, 15) is 9.59 Å². The number of furan rings is 1. The molecule has 0 aliphatic rings. The number of aromatic carboxylic acids is 1. The average molecular weight is 182 g/mol. The van der Waals surface area contributed by atoms with Gasteiger partial charge in [-0.05, 0) is 12.1 Å². The minimum atomic E-state index is -1.25. The van der Waals surface area contributed by atoms with Crippen molar-refractivity contribution in [1.82, 2.24) is 0 Å². The normalized spacial score (nSPS) is 9.54. The molecule has 0 fully saturated rings. The van der Waals surface area contributed by atoms with Crippen molar-refractivity contribution in [2.24, 2.45) is 0 Å². The third-order valence-electron chi connectivity index (χ3n) is 1.37. The van der Waals surface area contributed by atoms with E-state index in [-0.39, 0.29) is 17.1 Å². The predicted molar refractivity (Wildman–Crippen MR) is 42.3 cm³/mol. The zero-order valence-electron chi connectivity index (χ0n) is 6.48. The van der Waals surface area contributed by atoms with E-state index in [0.717, 1.165) is 0 Å². The van der Waals surface area contributed by atoms with Crippen LogP contribution in [0.3, 0.4) is 0 Å². The minimum absolute atomic E-state index is 0.0510. The molecule has 1 aromatic rings. The van der Waals surface area contributed by atoms with Gasteiger partial charge in [-0.3, -0.25) is 0 Å². The van der Waals surface area contributed by atoms with E-state index in [1.54, 1.807) is 0 Å². The van der Waals surface area contributed by atoms with Crippen molar-refractivity contribution in [3.63, 3.8) is 0 Å². The fraction of sp³-hybridized carbons (Fsp3) is 0. The molecule has 5 nitrogen and oxygen atoms in total. The Balaban J connectivity index is 2.99. The van der Waals surface area contributed by atoms with Crippen LogP contribution in [0.2, 0.25) is 0 Å². The number of carboxylic acid groups (broad SMARTS) is 2. The van der Waals surface area contributed by atoms with Crippen molar-refractivity contribution in [2.45, 2.75) is 0 Å². The molecule has 1 heterocycles. The van der Waals surface area contributed by atoms with Gasteiger partial charge in [0, 0.05) is 0 Å². The average Bonchev–Trinajstić information content (AvgIpc) is 2.50. The highest BCUT2D eigenvalue weighted by Gasteiger charge is 2.14. The molecule has 0 radical (unpaired) electrons. The van der Waals surface area contributed by atoms with Crippen LogP contribution in [0.25, 0.3) is 5.57 Å². The third kappa shape index (κ3) is 1.76. The molecule has 68 valence electrons. The Morgan fingerprint density at radius 1 is 1.23 bits per heavy atom. The summed E-state index contributed by atoms with van der Waals surface area (Å²) in [5.74, 6) is -2.85. The highest BCUT2D eigenvalue weighted by molar-refractivity contribution is 6.13. The van der Waals surface area contributed by atoms with Crippen LogP contribution in [-0.4, -0.2) is 22.2 Å². The molecule has 0 saturated heterocycles. The number of rotatable bonds is 3. The Kier molecular flexibility index (Phi) is 2.19. The number of hydrogen-bond acceptors (Lipinski definition) is 3. The second kappa shape index (κ2) is 3.14. The summed E-state index contributed by atoms with van der Waals surface area (Å²) in [6, 6.07) is 2.42. The van der Waals surface area contributed by atoms with Crippen LogP contribution >= 0.6 is 0 Å². The molecule has 0 atom stereocenters. The van der Waals surface area contributed by atoms with Crippen LogP contribution in [0.15, 0.2) is 23.1 Å². The van der Waals surface area contributed by atoms with Crippen molar-refractivity contribution in [3.05, 3.63) is 30.2 Å². The van der Waals surface area contributed by atoms with Gasteiger partial charge in [-0.25, -0.2) is 9.59 Å². The van der Waals surface area contributed by atoms with E-state index in [4.69, 9.17) is 10.2 Å². The van der Waals surface area contributed by atoms with Crippen LogP contribution < -0.4 is 0 Å². The van der Waals surface area contributed by atoms with Crippen molar-refractivity contribution < 1.29 is 24.2 Å². The Bertz CT molecular complexity index is 374. The molecule has 5 heteroatoms. The lowest BCUT2D eigenvalue weighted by molar-refractivity contribution is -0.130. The second-order valence-electron chi connectivity index (χ2n) is 2.25. The highest BCUT2D eigenvalue weighted by atomic mass is 16.4. The summed E-state index contributed by atoms with van der Waals surface area (Å²) < 4.78 is 4.69. The zero-order valence-corrected chi connectivity index (χ0v) is 6.48. The fourth-order valence-electron chi connectivity index (χ4n) is 0.720. The van der Waals surface area contributed by atoms with Gasteiger partial charge in [0.2, 0.25) is 5.76 Å². The second-order valence-corrected chi connectivity index (χ2v) is 2.25. The van der Waals surface area contributed by atoms with E-state index in [1.807, 2.05) is 0 Å². The predicted octanol–water partition coefficient (Wildman–Crippen LogP) is 1.08. The van der Waals surface area contributed by atoms with Gasteiger partial charge in [-0.15, -0.1) is 0 Å². The SMILES string of the molecule is C=C(C(=O)O)c1ccc(C(=O)O)o1. The van der Waals surface area contributed by atoms with Crippen LogP contribution in [0.1, 0.15) is 16.3 Å². The largest absolute Gasteiger partial charge is 0.478 e. The van der Waals surface area contributed by atoms with Crippen LogP contribution in [0, 0.1) is 0 Å². The van der Waals surface area contributed by atoms with Crippen molar-refractivity contribution in [1.29, 1.82) is 0 Å². The minimum Gasteiger partial charge on any atom is -0.478 e. The topological polar surface area (TPSA) is 87.7 Å². The molecule has 0 aliphatic carbocycles. The van der Waals surface area contributed by atoms with Crippen LogP contribution in [0.5, 0.6) is 0 Å². The van der Waals surface area contributed by atoms with Crippen LogP contribution in [0.4, 0.5) is 0 Å². The maximum atomic E-state index is 10.4. The molecule has 13 heavy (non-hydrogen) atoms. The molecular formula is C8H6O5. The number of carboxylic acids is 2.